The zero-order valence-corrected chi connectivity index (χ0v) is 11.9. The third kappa shape index (κ3) is 3.16. The molecule has 0 amide bonds. The summed E-state index contributed by atoms with van der Waals surface area (Å²) in [6.45, 7) is 1.92. The lowest BCUT2D eigenvalue weighted by Crippen LogP contribution is -2.44. The highest BCUT2D eigenvalue weighted by Crippen LogP contribution is 2.24. The molecule has 0 bridgehead atoms. The van der Waals surface area contributed by atoms with E-state index in [1.165, 1.54) is 18.2 Å². The van der Waals surface area contributed by atoms with E-state index in [0.29, 0.717) is 11.1 Å². The van der Waals surface area contributed by atoms with Crippen LogP contribution in [0.2, 0.25) is 0 Å². The molecule has 1 aromatic carbocycles. The monoisotopic (exact) mass is 301 g/mol. The van der Waals surface area contributed by atoms with E-state index < -0.39 is 21.8 Å². The van der Waals surface area contributed by atoms with Gasteiger partial charge in [-0.25, -0.2) is 12.8 Å². The van der Waals surface area contributed by atoms with Gasteiger partial charge in [-0.3, -0.25) is 9.69 Å². The molecule has 0 saturated carbocycles. The van der Waals surface area contributed by atoms with Crippen LogP contribution in [-0.2, 0) is 14.6 Å². The first-order valence-corrected chi connectivity index (χ1v) is 8.05. The molecule has 1 aromatic rings. The highest BCUT2D eigenvalue weighted by atomic mass is 32.2. The van der Waals surface area contributed by atoms with Crippen LogP contribution in [0.5, 0.6) is 0 Å². The number of carboxylic acids is 1. The van der Waals surface area contributed by atoms with Crippen LogP contribution in [0.4, 0.5) is 4.39 Å². The molecule has 0 aromatic heterocycles. The van der Waals surface area contributed by atoms with Gasteiger partial charge in [-0.15, -0.1) is 0 Å². The van der Waals surface area contributed by atoms with Gasteiger partial charge in [0.2, 0.25) is 0 Å². The van der Waals surface area contributed by atoms with Gasteiger partial charge in [-0.1, -0.05) is 12.1 Å². The maximum absolute atomic E-state index is 13.3. The van der Waals surface area contributed by atoms with E-state index in [1.54, 1.807) is 11.8 Å². The Kier molecular flexibility index (Phi) is 4.10. The highest BCUT2D eigenvalue weighted by Gasteiger charge is 2.32. The minimum atomic E-state index is -3.07. The molecule has 1 aliphatic rings. The predicted molar refractivity (Wildman–Crippen MR) is 71.7 cm³/mol. The number of aryl methyl sites for hydroxylation is 1. The van der Waals surface area contributed by atoms with Gasteiger partial charge in [-0.2, -0.15) is 0 Å². The summed E-state index contributed by atoms with van der Waals surface area (Å²) in [7, 11) is -3.07. The van der Waals surface area contributed by atoms with E-state index in [2.05, 4.69) is 0 Å². The lowest BCUT2D eigenvalue weighted by molar-refractivity contribution is -0.143. The Balaban J connectivity index is 2.28. The van der Waals surface area contributed by atoms with Crippen molar-refractivity contribution in [2.24, 2.45) is 0 Å². The van der Waals surface area contributed by atoms with E-state index in [0.717, 1.165) is 0 Å². The van der Waals surface area contributed by atoms with E-state index in [4.69, 9.17) is 0 Å². The zero-order chi connectivity index (χ0) is 14.9. The molecule has 1 saturated heterocycles. The molecule has 1 fully saturated rings. The number of rotatable bonds is 3. The molecule has 0 spiro atoms. The fourth-order valence-electron chi connectivity index (χ4n) is 2.33. The first-order chi connectivity index (χ1) is 9.30. The summed E-state index contributed by atoms with van der Waals surface area (Å²) in [5.41, 5.74) is 0.842. The van der Waals surface area contributed by atoms with Crippen LogP contribution < -0.4 is 0 Å². The average Bonchev–Trinajstić information content (AvgIpc) is 2.35. The summed E-state index contributed by atoms with van der Waals surface area (Å²) in [5.74, 6) is -1.54. The van der Waals surface area contributed by atoms with Crippen molar-refractivity contribution in [1.29, 1.82) is 0 Å². The first-order valence-electron chi connectivity index (χ1n) is 6.23. The van der Waals surface area contributed by atoms with Crippen molar-refractivity contribution in [2.45, 2.75) is 13.0 Å². The Hall–Kier alpha value is -1.47. The average molecular weight is 301 g/mol. The minimum absolute atomic E-state index is 0.0447. The van der Waals surface area contributed by atoms with Crippen molar-refractivity contribution in [3.8, 4) is 0 Å². The van der Waals surface area contributed by atoms with Crippen LogP contribution in [-0.4, -0.2) is 49.0 Å². The maximum atomic E-state index is 13.3. The first kappa shape index (κ1) is 14.9. The molecular weight excluding hydrogens is 285 g/mol. The fraction of sp³-hybridized carbons (Fsp3) is 0.462. The molecule has 2 rings (SSSR count). The largest absolute Gasteiger partial charge is 0.480 e. The molecular formula is C13H16FNO4S. The molecule has 1 atom stereocenters. The van der Waals surface area contributed by atoms with Crippen molar-refractivity contribution in [2.75, 3.05) is 24.6 Å². The number of benzene rings is 1. The summed E-state index contributed by atoms with van der Waals surface area (Å²) in [6.07, 6.45) is 0. The van der Waals surface area contributed by atoms with Crippen LogP contribution in [0.15, 0.2) is 18.2 Å². The third-order valence-electron chi connectivity index (χ3n) is 3.48. The lowest BCUT2D eigenvalue weighted by atomic mass is 10.0. The number of hydrogen-bond donors (Lipinski definition) is 1. The minimum Gasteiger partial charge on any atom is -0.480 e. The number of nitrogens with zero attached hydrogens (tertiary/aromatic N) is 1. The number of hydrogen-bond acceptors (Lipinski definition) is 4. The maximum Gasteiger partial charge on any atom is 0.325 e. The quantitative estimate of drug-likeness (QED) is 0.901. The Morgan fingerprint density at radius 3 is 2.45 bits per heavy atom. The van der Waals surface area contributed by atoms with Crippen molar-refractivity contribution in [3.63, 3.8) is 0 Å². The van der Waals surface area contributed by atoms with Gasteiger partial charge in [0.1, 0.15) is 11.9 Å². The number of halogens is 1. The van der Waals surface area contributed by atoms with Crippen molar-refractivity contribution in [3.05, 3.63) is 35.1 Å². The molecule has 1 heterocycles. The molecule has 110 valence electrons. The van der Waals surface area contributed by atoms with Crippen molar-refractivity contribution < 1.29 is 22.7 Å². The molecule has 0 radical (unpaired) electrons. The Morgan fingerprint density at radius 2 is 1.95 bits per heavy atom. The lowest BCUT2D eigenvalue weighted by Gasteiger charge is -2.32. The normalized spacial score (nSPS) is 20.5. The molecule has 1 aliphatic heterocycles. The Labute approximate surface area is 116 Å². The number of carboxylic acid groups (broad SMARTS) is 1. The van der Waals surface area contributed by atoms with Crippen LogP contribution in [0.3, 0.4) is 0 Å². The molecule has 7 heteroatoms. The van der Waals surface area contributed by atoms with Gasteiger partial charge in [0.25, 0.3) is 0 Å². The third-order valence-corrected chi connectivity index (χ3v) is 5.08. The topological polar surface area (TPSA) is 74.7 Å². The van der Waals surface area contributed by atoms with E-state index in [9.17, 15) is 22.7 Å². The summed E-state index contributed by atoms with van der Waals surface area (Å²) in [6, 6.07) is 3.23. The standard InChI is InChI=1S/C13H16FNO4S/c1-9-8-10(2-3-11(9)14)12(13(16)17)15-4-6-20(18,19)7-5-15/h2-3,8,12H,4-7H2,1H3,(H,16,17). The second-order valence-electron chi connectivity index (χ2n) is 4.94. The van der Waals surface area contributed by atoms with Gasteiger partial charge in [0, 0.05) is 13.1 Å². The smallest absolute Gasteiger partial charge is 0.325 e. The van der Waals surface area contributed by atoms with Crippen LogP contribution in [0, 0.1) is 12.7 Å². The molecule has 20 heavy (non-hydrogen) atoms. The molecule has 5 nitrogen and oxygen atoms in total. The van der Waals surface area contributed by atoms with Gasteiger partial charge in [0.15, 0.2) is 9.84 Å². The highest BCUT2D eigenvalue weighted by molar-refractivity contribution is 7.91. The number of aliphatic carboxylic acids is 1. The second kappa shape index (κ2) is 5.49. The Bertz CT molecular complexity index is 615. The molecule has 1 unspecified atom stereocenters. The van der Waals surface area contributed by atoms with Gasteiger partial charge in [-0.05, 0) is 24.1 Å². The Morgan fingerprint density at radius 1 is 1.35 bits per heavy atom. The summed E-state index contributed by atoms with van der Waals surface area (Å²) in [5, 5.41) is 9.38. The van der Waals surface area contributed by atoms with Gasteiger partial charge in [0.05, 0.1) is 11.5 Å². The zero-order valence-electron chi connectivity index (χ0n) is 11.0. The predicted octanol–water partition coefficient (Wildman–Crippen LogP) is 0.990. The van der Waals surface area contributed by atoms with E-state index in [1.807, 2.05) is 0 Å². The summed E-state index contributed by atoms with van der Waals surface area (Å²) in [4.78, 5) is 13.1. The van der Waals surface area contributed by atoms with Crippen molar-refractivity contribution >= 4 is 15.8 Å². The SMILES string of the molecule is Cc1cc(C(C(=O)O)N2CCS(=O)(=O)CC2)ccc1F. The fourth-order valence-corrected chi connectivity index (χ4v) is 3.56. The van der Waals surface area contributed by atoms with Crippen molar-refractivity contribution in [1.82, 2.24) is 4.90 Å². The van der Waals surface area contributed by atoms with Gasteiger partial charge >= 0.3 is 5.97 Å². The summed E-state index contributed by atoms with van der Waals surface area (Å²) >= 11 is 0. The summed E-state index contributed by atoms with van der Waals surface area (Å²) < 4.78 is 36.1. The number of carbonyl (C=O) groups is 1. The van der Waals surface area contributed by atoms with E-state index in [-0.39, 0.29) is 30.4 Å². The van der Waals surface area contributed by atoms with Gasteiger partial charge < -0.3 is 5.11 Å². The van der Waals surface area contributed by atoms with Crippen LogP contribution in [0.25, 0.3) is 0 Å². The van der Waals surface area contributed by atoms with Crippen LogP contribution in [0.1, 0.15) is 17.2 Å². The van der Waals surface area contributed by atoms with Crippen LogP contribution >= 0.6 is 0 Å². The molecule has 0 aliphatic carbocycles. The van der Waals surface area contributed by atoms with E-state index >= 15 is 0 Å². The second-order valence-corrected chi connectivity index (χ2v) is 7.24. The molecule has 1 N–H and O–H groups in total. The number of sulfone groups is 1.